The zero-order valence-corrected chi connectivity index (χ0v) is 20.6. The molecule has 4 aromatic rings. The van der Waals surface area contributed by atoms with E-state index in [1.165, 1.54) is 5.56 Å². The second kappa shape index (κ2) is 10.1. The number of rotatable bonds is 9. The van der Waals surface area contributed by atoms with Crippen LogP contribution in [0.1, 0.15) is 16.7 Å². The second-order valence-electron chi connectivity index (χ2n) is 8.62. The molecule has 5 rings (SSSR count). The Bertz CT molecular complexity index is 1440. The van der Waals surface area contributed by atoms with Gasteiger partial charge >= 0.3 is 0 Å². The molecule has 3 aromatic carbocycles. The summed E-state index contributed by atoms with van der Waals surface area (Å²) in [6, 6.07) is 19.4. The Morgan fingerprint density at radius 2 is 1.72 bits per heavy atom. The molecule has 0 aliphatic heterocycles. The second-order valence-corrected chi connectivity index (χ2v) is 8.62. The Labute approximate surface area is 210 Å². The number of carbonyl (C=O) groups excluding carboxylic acids is 1. The fraction of sp³-hybridized carbons (Fsp3) is 0.207. The van der Waals surface area contributed by atoms with E-state index in [2.05, 4.69) is 15.6 Å². The van der Waals surface area contributed by atoms with Crippen LogP contribution in [0, 0.1) is 0 Å². The first-order valence-electron chi connectivity index (χ1n) is 11.8. The molecule has 0 radical (unpaired) electrons. The van der Waals surface area contributed by atoms with E-state index in [1.54, 1.807) is 21.3 Å². The summed E-state index contributed by atoms with van der Waals surface area (Å²) in [5, 5.41) is 7.71. The van der Waals surface area contributed by atoms with Crippen molar-refractivity contribution in [1.29, 1.82) is 0 Å². The predicted octanol–water partition coefficient (Wildman–Crippen LogP) is 4.93. The number of aromatic nitrogens is 1. The van der Waals surface area contributed by atoms with Gasteiger partial charge in [0.1, 0.15) is 5.75 Å². The molecule has 0 saturated heterocycles. The third kappa shape index (κ3) is 4.47. The van der Waals surface area contributed by atoms with Crippen molar-refractivity contribution in [2.45, 2.75) is 12.8 Å². The molecule has 0 bridgehead atoms. The Hall–Kier alpha value is -4.39. The SMILES string of the molecule is COc1ccc2[nH]cc(CCNC3=C(C(=O)Nc4ccccc4)Cc4cc(OC)c(OC)cc43)c2c1. The Kier molecular flexibility index (Phi) is 6.54. The van der Waals surface area contributed by atoms with E-state index in [4.69, 9.17) is 14.2 Å². The molecule has 1 aliphatic rings. The monoisotopic (exact) mass is 483 g/mol. The molecule has 0 unspecified atom stereocenters. The van der Waals surface area contributed by atoms with Crippen LogP contribution in [-0.2, 0) is 17.6 Å². The van der Waals surface area contributed by atoms with Gasteiger partial charge in [-0.1, -0.05) is 18.2 Å². The lowest BCUT2D eigenvalue weighted by atomic mass is 10.1. The van der Waals surface area contributed by atoms with Crippen molar-refractivity contribution in [2.75, 3.05) is 33.2 Å². The molecule has 36 heavy (non-hydrogen) atoms. The van der Waals surface area contributed by atoms with Gasteiger partial charge in [0.25, 0.3) is 5.91 Å². The summed E-state index contributed by atoms with van der Waals surface area (Å²) in [7, 11) is 4.90. The maximum absolute atomic E-state index is 13.3. The van der Waals surface area contributed by atoms with E-state index in [1.807, 2.05) is 66.9 Å². The van der Waals surface area contributed by atoms with Gasteiger partial charge in [-0.25, -0.2) is 0 Å². The number of anilines is 1. The summed E-state index contributed by atoms with van der Waals surface area (Å²) in [4.78, 5) is 16.7. The number of amides is 1. The highest BCUT2D eigenvalue weighted by Gasteiger charge is 2.28. The fourth-order valence-electron chi connectivity index (χ4n) is 4.68. The molecule has 1 aliphatic carbocycles. The number of ether oxygens (including phenoxy) is 3. The van der Waals surface area contributed by atoms with Crippen LogP contribution < -0.4 is 24.8 Å². The molecule has 0 spiro atoms. The van der Waals surface area contributed by atoms with Crippen molar-refractivity contribution in [2.24, 2.45) is 0 Å². The average Bonchev–Trinajstić information content (AvgIpc) is 3.48. The number of hydrogen-bond donors (Lipinski definition) is 3. The van der Waals surface area contributed by atoms with Crippen LogP contribution in [0.5, 0.6) is 17.2 Å². The third-order valence-corrected chi connectivity index (χ3v) is 6.52. The van der Waals surface area contributed by atoms with Crippen LogP contribution in [0.15, 0.2) is 72.4 Å². The molecule has 184 valence electrons. The van der Waals surface area contributed by atoms with Gasteiger partial charge in [0.2, 0.25) is 0 Å². The summed E-state index contributed by atoms with van der Waals surface area (Å²) in [5.41, 5.74) is 6.47. The number of nitrogens with one attached hydrogen (secondary N) is 3. The number of hydrogen-bond acceptors (Lipinski definition) is 5. The van der Waals surface area contributed by atoms with E-state index in [-0.39, 0.29) is 5.91 Å². The summed E-state index contributed by atoms with van der Waals surface area (Å²) < 4.78 is 16.4. The summed E-state index contributed by atoms with van der Waals surface area (Å²) >= 11 is 0. The van der Waals surface area contributed by atoms with Gasteiger partial charge in [-0.3, -0.25) is 4.79 Å². The van der Waals surface area contributed by atoms with Gasteiger partial charge in [0, 0.05) is 46.9 Å². The maximum atomic E-state index is 13.3. The highest BCUT2D eigenvalue weighted by Crippen LogP contribution is 2.39. The van der Waals surface area contributed by atoms with Gasteiger partial charge in [-0.15, -0.1) is 0 Å². The molecule has 7 heteroatoms. The number of carbonyl (C=O) groups is 1. The van der Waals surface area contributed by atoms with Crippen molar-refractivity contribution in [3.63, 3.8) is 0 Å². The van der Waals surface area contributed by atoms with Crippen LogP contribution in [-0.4, -0.2) is 38.8 Å². The first kappa shape index (κ1) is 23.4. The van der Waals surface area contributed by atoms with E-state index < -0.39 is 0 Å². The highest BCUT2D eigenvalue weighted by atomic mass is 16.5. The van der Waals surface area contributed by atoms with Gasteiger partial charge in [-0.2, -0.15) is 0 Å². The first-order chi connectivity index (χ1) is 17.6. The third-order valence-electron chi connectivity index (χ3n) is 6.52. The Morgan fingerprint density at radius 3 is 2.47 bits per heavy atom. The number of aromatic amines is 1. The molecule has 0 fully saturated rings. The smallest absolute Gasteiger partial charge is 0.254 e. The van der Waals surface area contributed by atoms with Crippen molar-refractivity contribution in [1.82, 2.24) is 10.3 Å². The van der Waals surface area contributed by atoms with E-state index in [0.717, 1.165) is 45.6 Å². The molecular weight excluding hydrogens is 454 g/mol. The highest BCUT2D eigenvalue weighted by molar-refractivity contribution is 6.10. The minimum atomic E-state index is -0.130. The summed E-state index contributed by atoms with van der Waals surface area (Å²) in [6.45, 7) is 0.648. The van der Waals surface area contributed by atoms with Crippen LogP contribution in [0.2, 0.25) is 0 Å². The minimum Gasteiger partial charge on any atom is -0.497 e. The van der Waals surface area contributed by atoms with Gasteiger partial charge < -0.3 is 29.8 Å². The fourth-order valence-corrected chi connectivity index (χ4v) is 4.68. The van der Waals surface area contributed by atoms with Crippen molar-refractivity contribution in [3.05, 3.63) is 89.1 Å². The molecule has 1 amide bonds. The van der Waals surface area contributed by atoms with E-state index >= 15 is 0 Å². The summed E-state index contributed by atoms with van der Waals surface area (Å²) in [6.07, 6.45) is 3.30. The number of methoxy groups -OCH3 is 3. The number of fused-ring (bicyclic) bond motifs is 2. The number of para-hydroxylation sites is 1. The predicted molar refractivity (Wildman–Crippen MR) is 142 cm³/mol. The zero-order valence-electron chi connectivity index (χ0n) is 20.6. The van der Waals surface area contributed by atoms with Crippen LogP contribution in [0.25, 0.3) is 16.6 Å². The molecule has 7 nitrogen and oxygen atoms in total. The Morgan fingerprint density at radius 1 is 0.944 bits per heavy atom. The quantitative estimate of drug-likeness (QED) is 0.314. The number of H-pyrrole nitrogens is 1. The zero-order chi connectivity index (χ0) is 25.1. The molecule has 0 saturated carbocycles. The van der Waals surface area contributed by atoms with Crippen LogP contribution in [0.3, 0.4) is 0 Å². The molecular formula is C29H29N3O4. The van der Waals surface area contributed by atoms with Crippen molar-refractivity contribution >= 4 is 28.2 Å². The minimum absolute atomic E-state index is 0.130. The van der Waals surface area contributed by atoms with Gasteiger partial charge in [0.05, 0.1) is 27.0 Å². The lowest BCUT2D eigenvalue weighted by Gasteiger charge is -2.14. The molecule has 1 aromatic heterocycles. The molecule has 3 N–H and O–H groups in total. The molecule has 1 heterocycles. The van der Waals surface area contributed by atoms with Crippen LogP contribution in [0.4, 0.5) is 5.69 Å². The maximum Gasteiger partial charge on any atom is 0.254 e. The van der Waals surface area contributed by atoms with Gasteiger partial charge in [0.15, 0.2) is 11.5 Å². The Balaban J connectivity index is 1.43. The normalized spacial score (nSPS) is 12.4. The lowest BCUT2D eigenvalue weighted by molar-refractivity contribution is -0.112. The standard InChI is InChI=1S/C29H29N3O4/c1-34-21-9-10-25-22(15-21)18(17-31-25)11-12-30-28-23-16-27(36-3)26(35-2)14-19(23)13-24(28)29(33)32-20-7-5-4-6-8-20/h4-10,14-17,30-31H,11-13H2,1-3H3,(H,32,33). The van der Waals surface area contributed by atoms with Crippen LogP contribution >= 0.6 is 0 Å². The first-order valence-corrected chi connectivity index (χ1v) is 11.8. The van der Waals surface area contributed by atoms with E-state index in [9.17, 15) is 4.79 Å². The van der Waals surface area contributed by atoms with Crippen molar-refractivity contribution in [3.8, 4) is 17.2 Å². The average molecular weight is 484 g/mol. The van der Waals surface area contributed by atoms with Gasteiger partial charge in [-0.05, 0) is 60.0 Å². The van der Waals surface area contributed by atoms with E-state index in [0.29, 0.717) is 30.0 Å². The van der Waals surface area contributed by atoms with Crippen molar-refractivity contribution < 1.29 is 19.0 Å². The topological polar surface area (TPSA) is 84.6 Å². The summed E-state index contributed by atoms with van der Waals surface area (Å²) in [5.74, 6) is 1.97. The largest absolute Gasteiger partial charge is 0.497 e. The molecule has 0 atom stereocenters. The number of benzene rings is 3. The lowest BCUT2D eigenvalue weighted by Crippen LogP contribution is -2.21.